The maximum atomic E-state index is 12.2. The number of nitrogens with zero attached hydrogens (tertiary/aromatic N) is 2. The van der Waals surface area contributed by atoms with E-state index in [1.54, 1.807) is 11.7 Å². The van der Waals surface area contributed by atoms with E-state index in [4.69, 9.17) is 4.74 Å². The summed E-state index contributed by atoms with van der Waals surface area (Å²) < 4.78 is 6.82. The fourth-order valence-corrected chi connectivity index (χ4v) is 2.46. The van der Waals surface area contributed by atoms with Crippen LogP contribution in [-0.4, -0.2) is 41.9 Å². The predicted molar refractivity (Wildman–Crippen MR) is 68.5 cm³/mol. The summed E-state index contributed by atoms with van der Waals surface area (Å²) in [6.07, 6.45) is 0.872. The van der Waals surface area contributed by atoms with Gasteiger partial charge in [0.1, 0.15) is 0 Å². The molecule has 1 aliphatic rings. The Hall–Kier alpha value is -1.17. The van der Waals surface area contributed by atoms with E-state index in [9.17, 15) is 9.90 Å². The second-order valence-electron chi connectivity index (χ2n) is 4.74. The molecule has 100 valence electrons. The average Bonchev–Trinajstić information content (AvgIpc) is 2.37. The molecule has 0 aliphatic carbocycles. The first-order valence-electron chi connectivity index (χ1n) is 6.20. The molecule has 0 radical (unpaired) electrons. The van der Waals surface area contributed by atoms with Gasteiger partial charge in [0.15, 0.2) is 0 Å². The highest BCUT2D eigenvalue weighted by Crippen LogP contribution is 2.17. The number of hydrogen-bond acceptors (Lipinski definition) is 4. The smallest absolute Gasteiger partial charge is 0.256 e. The van der Waals surface area contributed by atoms with E-state index >= 15 is 0 Å². The van der Waals surface area contributed by atoms with Crippen LogP contribution in [-0.2, 0) is 30.9 Å². The number of pyridine rings is 1. The summed E-state index contributed by atoms with van der Waals surface area (Å²) in [6.45, 7) is 2.64. The third kappa shape index (κ3) is 2.48. The molecule has 0 unspecified atom stereocenters. The molecule has 0 fully saturated rings. The molecule has 0 saturated heterocycles. The number of hydrogen-bond donors (Lipinski definition) is 1. The van der Waals surface area contributed by atoms with E-state index in [1.807, 2.05) is 6.07 Å². The molecule has 0 bridgehead atoms. The Kier molecular flexibility index (Phi) is 4.16. The van der Waals surface area contributed by atoms with Crippen molar-refractivity contribution in [2.45, 2.75) is 26.1 Å². The molecule has 0 atom stereocenters. The molecule has 0 saturated carbocycles. The van der Waals surface area contributed by atoms with E-state index in [-0.39, 0.29) is 12.2 Å². The number of rotatable bonds is 4. The van der Waals surface area contributed by atoms with Gasteiger partial charge >= 0.3 is 0 Å². The van der Waals surface area contributed by atoms with Crippen LogP contribution in [0, 0.1) is 0 Å². The summed E-state index contributed by atoms with van der Waals surface area (Å²) in [5.41, 5.74) is 2.62. The van der Waals surface area contributed by atoms with Gasteiger partial charge < -0.3 is 19.3 Å². The molecule has 5 nitrogen and oxygen atoms in total. The molecule has 1 aliphatic heterocycles. The van der Waals surface area contributed by atoms with E-state index in [0.717, 1.165) is 30.8 Å². The average molecular weight is 252 g/mol. The van der Waals surface area contributed by atoms with Crippen LogP contribution in [0.1, 0.15) is 16.8 Å². The Balaban J connectivity index is 2.47. The van der Waals surface area contributed by atoms with Gasteiger partial charge in [-0.05, 0) is 18.7 Å². The van der Waals surface area contributed by atoms with E-state index in [0.29, 0.717) is 18.7 Å². The van der Waals surface area contributed by atoms with Crippen LogP contribution in [0.4, 0.5) is 0 Å². The van der Waals surface area contributed by atoms with Crippen LogP contribution in [0.25, 0.3) is 0 Å². The van der Waals surface area contributed by atoms with Crippen molar-refractivity contribution < 1.29 is 9.84 Å². The van der Waals surface area contributed by atoms with Crippen LogP contribution >= 0.6 is 0 Å². The number of ether oxygens (including phenoxy) is 1. The summed E-state index contributed by atoms with van der Waals surface area (Å²) in [7, 11) is 3.69. The lowest BCUT2D eigenvalue weighted by atomic mass is 10.0. The van der Waals surface area contributed by atoms with Crippen molar-refractivity contribution in [2.24, 2.45) is 0 Å². The third-order valence-electron chi connectivity index (χ3n) is 3.42. The second kappa shape index (κ2) is 5.65. The molecule has 2 rings (SSSR count). The molecule has 0 amide bonds. The van der Waals surface area contributed by atoms with Gasteiger partial charge in [0.25, 0.3) is 5.56 Å². The summed E-state index contributed by atoms with van der Waals surface area (Å²) in [5, 5.41) is 9.28. The number of likely N-dealkylation sites (N-methyl/N-ethyl adjacent to an activating group) is 1. The van der Waals surface area contributed by atoms with Crippen molar-refractivity contribution in [3.63, 3.8) is 0 Å². The van der Waals surface area contributed by atoms with Gasteiger partial charge in [0.05, 0.1) is 13.2 Å². The molecule has 0 spiro atoms. The van der Waals surface area contributed by atoms with Crippen LogP contribution in [0.3, 0.4) is 0 Å². The van der Waals surface area contributed by atoms with Crippen molar-refractivity contribution in [1.29, 1.82) is 0 Å². The standard InChI is InChI=1S/C13H20N2O3/c1-14-4-3-12-10(8-14)7-11(9-16)13(17)15(12)5-6-18-2/h7,16H,3-6,8-9H2,1-2H3. The summed E-state index contributed by atoms with van der Waals surface area (Å²) in [4.78, 5) is 14.4. The molecule has 18 heavy (non-hydrogen) atoms. The number of aliphatic hydroxyl groups is 1. The zero-order valence-electron chi connectivity index (χ0n) is 11.0. The van der Waals surface area contributed by atoms with Gasteiger partial charge in [-0.2, -0.15) is 0 Å². The van der Waals surface area contributed by atoms with Crippen molar-refractivity contribution in [3.05, 3.63) is 33.2 Å². The van der Waals surface area contributed by atoms with Crippen molar-refractivity contribution in [1.82, 2.24) is 9.47 Å². The first kappa shape index (κ1) is 13.3. The molecule has 1 aromatic heterocycles. The van der Waals surface area contributed by atoms with Gasteiger partial charge in [-0.3, -0.25) is 4.79 Å². The molecular weight excluding hydrogens is 232 g/mol. The summed E-state index contributed by atoms with van der Waals surface area (Å²) >= 11 is 0. The largest absolute Gasteiger partial charge is 0.391 e. The van der Waals surface area contributed by atoms with Gasteiger partial charge in [0, 0.05) is 44.4 Å². The minimum Gasteiger partial charge on any atom is -0.391 e. The normalized spacial score (nSPS) is 15.7. The SMILES string of the molecule is COCCn1c2c(cc(CO)c1=O)CN(C)CC2. The maximum absolute atomic E-state index is 12.2. The summed E-state index contributed by atoms with van der Waals surface area (Å²) in [6, 6.07) is 1.84. The molecule has 5 heteroatoms. The quantitative estimate of drug-likeness (QED) is 0.818. The monoisotopic (exact) mass is 252 g/mol. The summed E-state index contributed by atoms with van der Waals surface area (Å²) in [5.74, 6) is 0. The highest BCUT2D eigenvalue weighted by Gasteiger charge is 2.19. The molecular formula is C13H20N2O3. The minimum absolute atomic E-state index is 0.0853. The van der Waals surface area contributed by atoms with E-state index < -0.39 is 0 Å². The molecule has 2 heterocycles. The Bertz CT molecular complexity index is 482. The first-order valence-corrected chi connectivity index (χ1v) is 6.20. The minimum atomic E-state index is -0.206. The topological polar surface area (TPSA) is 54.7 Å². The lowest BCUT2D eigenvalue weighted by Gasteiger charge is -2.28. The van der Waals surface area contributed by atoms with Crippen LogP contribution < -0.4 is 5.56 Å². The van der Waals surface area contributed by atoms with E-state index in [2.05, 4.69) is 11.9 Å². The highest BCUT2D eigenvalue weighted by atomic mass is 16.5. The van der Waals surface area contributed by atoms with Crippen molar-refractivity contribution >= 4 is 0 Å². The van der Waals surface area contributed by atoms with Crippen molar-refractivity contribution in [3.8, 4) is 0 Å². The van der Waals surface area contributed by atoms with Gasteiger partial charge in [-0.15, -0.1) is 0 Å². The Morgan fingerprint density at radius 1 is 1.50 bits per heavy atom. The lowest BCUT2D eigenvalue weighted by molar-refractivity contribution is 0.183. The number of fused-ring (bicyclic) bond motifs is 1. The van der Waals surface area contributed by atoms with Crippen LogP contribution in [0.5, 0.6) is 0 Å². The van der Waals surface area contributed by atoms with Crippen molar-refractivity contribution in [2.75, 3.05) is 27.3 Å². The predicted octanol–water partition coefficient (Wildman–Crippen LogP) is -0.0251. The number of aliphatic hydroxyl groups excluding tert-OH is 1. The second-order valence-corrected chi connectivity index (χ2v) is 4.74. The number of methoxy groups -OCH3 is 1. The maximum Gasteiger partial charge on any atom is 0.256 e. The highest BCUT2D eigenvalue weighted by molar-refractivity contribution is 5.28. The fraction of sp³-hybridized carbons (Fsp3) is 0.615. The van der Waals surface area contributed by atoms with Gasteiger partial charge in [-0.25, -0.2) is 0 Å². The Morgan fingerprint density at radius 2 is 2.28 bits per heavy atom. The Morgan fingerprint density at radius 3 is 2.94 bits per heavy atom. The van der Waals surface area contributed by atoms with Gasteiger partial charge in [0.2, 0.25) is 0 Å². The zero-order valence-corrected chi connectivity index (χ0v) is 11.0. The number of aromatic nitrogens is 1. The molecule has 1 aromatic rings. The lowest BCUT2D eigenvalue weighted by Crippen LogP contribution is -2.36. The van der Waals surface area contributed by atoms with Crippen LogP contribution in [0.15, 0.2) is 10.9 Å². The molecule has 1 N–H and O–H groups in total. The Labute approximate surface area is 107 Å². The zero-order chi connectivity index (χ0) is 13.1. The first-order chi connectivity index (χ1) is 8.67. The van der Waals surface area contributed by atoms with E-state index in [1.165, 1.54) is 0 Å². The third-order valence-corrected chi connectivity index (χ3v) is 3.42. The fourth-order valence-electron chi connectivity index (χ4n) is 2.46. The molecule has 0 aromatic carbocycles. The van der Waals surface area contributed by atoms with Crippen LogP contribution in [0.2, 0.25) is 0 Å². The van der Waals surface area contributed by atoms with Gasteiger partial charge in [-0.1, -0.05) is 0 Å².